The van der Waals surface area contributed by atoms with Crippen LogP contribution in [0, 0.1) is 0 Å². The van der Waals surface area contributed by atoms with Crippen LogP contribution in [0.3, 0.4) is 0 Å². The van der Waals surface area contributed by atoms with Gasteiger partial charge in [-0.15, -0.1) is 0 Å². The van der Waals surface area contributed by atoms with E-state index >= 15 is 0 Å². The number of rotatable bonds is 4. The molecule has 0 unspecified atom stereocenters. The van der Waals surface area contributed by atoms with E-state index in [9.17, 15) is 4.79 Å². The Bertz CT molecular complexity index is 599. The van der Waals surface area contributed by atoms with E-state index in [2.05, 4.69) is 0 Å². The summed E-state index contributed by atoms with van der Waals surface area (Å²) in [5.41, 5.74) is 7.80. The fraction of sp³-hybridized carbons (Fsp3) is 0.188. The molecule has 0 radical (unpaired) electrons. The molecule has 0 fully saturated rings. The SMILES string of the molecule is CCN(Cc1ccccc1)C(=O)c1cc(N)ccc1Cl. The van der Waals surface area contributed by atoms with Crippen molar-refractivity contribution in [3.8, 4) is 0 Å². The molecule has 1 amide bonds. The minimum absolute atomic E-state index is 0.103. The van der Waals surface area contributed by atoms with E-state index in [1.807, 2.05) is 37.3 Å². The largest absolute Gasteiger partial charge is 0.399 e. The van der Waals surface area contributed by atoms with E-state index in [0.29, 0.717) is 29.4 Å². The summed E-state index contributed by atoms with van der Waals surface area (Å²) in [6.45, 7) is 3.11. The molecule has 0 aliphatic heterocycles. The molecule has 0 saturated heterocycles. The number of amides is 1. The van der Waals surface area contributed by atoms with Gasteiger partial charge in [0.15, 0.2) is 0 Å². The van der Waals surface area contributed by atoms with Gasteiger partial charge in [-0.2, -0.15) is 0 Å². The third-order valence-corrected chi connectivity index (χ3v) is 3.44. The fourth-order valence-electron chi connectivity index (χ4n) is 2.01. The van der Waals surface area contributed by atoms with E-state index in [1.165, 1.54) is 0 Å². The molecule has 0 atom stereocenters. The molecule has 0 aliphatic rings. The summed E-state index contributed by atoms with van der Waals surface area (Å²) in [5.74, 6) is -0.103. The molecule has 0 aromatic heterocycles. The summed E-state index contributed by atoms with van der Waals surface area (Å²) >= 11 is 6.09. The fourth-order valence-corrected chi connectivity index (χ4v) is 2.21. The van der Waals surface area contributed by atoms with Crippen LogP contribution in [0.5, 0.6) is 0 Å². The van der Waals surface area contributed by atoms with Crippen molar-refractivity contribution in [2.75, 3.05) is 12.3 Å². The maximum Gasteiger partial charge on any atom is 0.255 e. The second-order valence-electron chi connectivity index (χ2n) is 4.54. The average Bonchev–Trinajstić information content (AvgIpc) is 2.47. The van der Waals surface area contributed by atoms with Crippen LogP contribution in [0.1, 0.15) is 22.8 Å². The third-order valence-electron chi connectivity index (χ3n) is 3.11. The highest BCUT2D eigenvalue weighted by Gasteiger charge is 2.17. The topological polar surface area (TPSA) is 46.3 Å². The average molecular weight is 289 g/mol. The highest BCUT2D eigenvalue weighted by molar-refractivity contribution is 6.34. The highest BCUT2D eigenvalue weighted by atomic mass is 35.5. The van der Waals surface area contributed by atoms with E-state index < -0.39 is 0 Å². The lowest BCUT2D eigenvalue weighted by Gasteiger charge is -2.21. The first-order valence-corrected chi connectivity index (χ1v) is 6.88. The molecule has 0 aliphatic carbocycles. The maximum atomic E-state index is 12.5. The third kappa shape index (κ3) is 3.31. The van der Waals surface area contributed by atoms with E-state index in [4.69, 9.17) is 17.3 Å². The molecule has 20 heavy (non-hydrogen) atoms. The number of hydrogen-bond acceptors (Lipinski definition) is 2. The van der Waals surface area contributed by atoms with Gasteiger partial charge in [0.25, 0.3) is 5.91 Å². The Morgan fingerprint density at radius 3 is 2.55 bits per heavy atom. The van der Waals surface area contributed by atoms with Gasteiger partial charge in [0.2, 0.25) is 0 Å². The molecule has 2 N–H and O–H groups in total. The molecule has 2 rings (SSSR count). The van der Waals surface area contributed by atoms with Crippen molar-refractivity contribution in [2.45, 2.75) is 13.5 Å². The number of carbonyl (C=O) groups is 1. The number of halogens is 1. The number of anilines is 1. The van der Waals surface area contributed by atoms with Crippen LogP contribution in [-0.2, 0) is 6.54 Å². The second-order valence-corrected chi connectivity index (χ2v) is 4.95. The van der Waals surface area contributed by atoms with Gasteiger partial charge in [0, 0.05) is 18.8 Å². The smallest absolute Gasteiger partial charge is 0.255 e. The van der Waals surface area contributed by atoms with Crippen LogP contribution in [0.4, 0.5) is 5.69 Å². The first-order valence-electron chi connectivity index (χ1n) is 6.50. The summed E-state index contributed by atoms with van der Waals surface area (Å²) in [5, 5.41) is 0.427. The van der Waals surface area contributed by atoms with Gasteiger partial charge in [0.1, 0.15) is 0 Å². The van der Waals surface area contributed by atoms with Crippen molar-refractivity contribution >= 4 is 23.2 Å². The maximum absolute atomic E-state index is 12.5. The van der Waals surface area contributed by atoms with Gasteiger partial charge >= 0.3 is 0 Å². The zero-order valence-corrected chi connectivity index (χ0v) is 12.1. The van der Waals surface area contributed by atoms with Crippen molar-refractivity contribution in [1.82, 2.24) is 4.90 Å². The zero-order valence-electron chi connectivity index (χ0n) is 11.3. The summed E-state index contributed by atoms with van der Waals surface area (Å²) < 4.78 is 0. The molecular weight excluding hydrogens is 272 g/mol. The number of nitrogens with zero attached hydrogens (tertiary/aromatic N) is 1. The van der Waals surface area contributed by atoms with Gasteiger partial charge in [-0.25, -0.2) is 0 Å². The standard InChI is InChI=1S/C16H17ClN2O/c1-2-19(11-12-6-4-3-5-7-12)16(20)14-10-13(18)8-9-15(14)17/h3-10H,2,11,18H2,1H3. The number of benzene rings is 2. The number of nitrogen functional groups attached to an aromatic ring is 1. The lowest BCUT2D eigenvalue weighted by Crippen LogP contribution is -2.30. The quantitative estimate of drug-likeness (QED) is 0.874. The van der Waals surface area contributed by atoms with Crippen molar-refractivity contribution in [3.63, 3.8) is 0 Å². The van der Waals surface area contributed by atoms with Crippen molar-refractivity contribution in [2.24, 2.45) is 0 Å². The van der Waals surface area contributed by atoms with Crippen LogP contribution in [-0.4, -0.2) is 17.4 Å². The van der Waals surface area contributed by atoms with Gasteiger partial charge in [-0.05, 0) is 30.7 Å². The molecule has 0 bridgehead atoms. The Balaban J connectivity index is 2.23. The normalized spacial score (nSPS) is 10.3. The van der Waals surface area contributed by atoms with Crippen LogP contribution in [0.25, 0.3) is 0 Å². The van der Waals surface area contributed by atoms with Crippen LogP contribution < -0.4 is 5.73 Å². The van der Waals surface area contributed by atoms with E-state index in [1.54, 1.807) is 23.1 Å². The Labute approximate surface area is 124 Å². The van der Waals surface area contributed by atoms with Crippen LogP contribution in [0.15, 0.2) is 48.5 Å². The minimum Gasteiger partial charge on any atom is -0.399 e. The molecule has 0 spiro atoms. The molecule has 3 nitrogen and oxygen atoms in total. The highest BCUT2D eigenvalue weighted by Crippen LogP contribution is 2.21. The van der Waals surface area contributed by atoms with E-state index in [0.717, 1.165) is 5.56 Å². The molecular formula is C16H17ClN2O. The predicted molar refractivity (Wildman–Crippen MR) is 82.7 cm³/mol. The van der Waals surface area contributed by atoms with Crippen molar-refractivity contribution in [1.29, 1.82) is 0 Å². The Hall–Kier alpha value is -2.00. The van der Waals surface area contributed by atoms with Gasteiger partial charge in [-0.3, -0.25) is 4.79 Å². The Kier molecular flexibility index (Phi) is 4.64. The van der Waals surface area contributed by atoms with Crippen LogP contribution >= 0.6 is 11.6 Å². The first-order chi connectivity index (χ1) is 9.61. The molecule has 4 heteroatoms. The van der Waals surface area contributed by atoms with Gasteiger partial charge in [0.05, 0.1) is 10.6 Å². The summed E-state index contributed by atoms with van der Waals surface area (Å²) in [6.07, 6.45) is 0. The number of carbonyl (C=O) groups excluding carboxylic acids is 1. The monoisotopic (exact) mass is 288 g/mol. The molecule has 0 heterocycles. The number of nitrogens with two attached hydrogens (primary N) is 1. The van der Waals surface area contributed by atoms with Gasteiger partial charge < -0.3 is 10.6 Å². The molecule has 2 aromatic rings. The lowest BCUT2D eigenvalue weighted by molar-refractivity contribution is 0.0753. The van der Waals surface area contributed by atoms with Crippen molar-refractivity contribution < 1.29 is 4.79 Å². The Morgan fingerprint density at radius 1 is 1.20 bits per heavy atom. The summed E-state index contributed by atoms with van der Waals surface area (Å²) in [7, 11) is 0. The van der Waals surface area contributed by atoms with Gasteiger partial charge in [-0.1, -0.05) is 41.9 Å². The zero-order chi connectivity index (χ0) is 14.5. The molecule has 0 saturated carbocycles. The second kappa shape index (κ2) is 6.44. The summed E-state index contributed by atoms with van der Waals surface area (Å²) in [4.78, 5) is 14.3. The molecule has 2 aromatic carbocycles. The number of hydrogen-bond donors (Lipinski definition) is 1. The predicted octanol–water partition coefficient (Wildman–Crippen LogP) is 3.58. The van der Waals surface area contributed by atoms with Crippen LogP contribution in [0.2, 0.25) is 5.02 Å². The minimum atomic E-state index is -0.103. The van der Waals surface area contributed by atoms with E-state index in [-0.39, 0.29) is 5.91 Å². The summed E-state index contributed by atoms with van der Waals surface area (Å²) in [6, 6.07) is 14.8. The molecule has 104 valence electrons. The first kappa shape index (κ1) is 14.4. The lowest BCUT2D eigenvalue weighted by atomic mass is 10.1. The Morgan fingerprint density at radius 2 is 1.90 bits per heavy atom. The van der Waals surface area contributed by atoms with Crippen molar-refractivity contribution in [3.05, 3.63) is 64.7 Å².